The van der Waals surface area contributed by atoms with Gasteiger partial charge in [-0.25, -0.2) is 4.79 Å². The topological polar surface area (TPSA) is 58.6 Å². The summed E-state index contributed by atoms with van der Waals surface area (Å²) in [6.45, 7) is 5.86. The number of alkyl carbamates (subject to hydrolysis) is 1. The molecule has 1 aliphatic rings. The number of aliphatic hydroxyl groups is 1. The summed E-state index contributed by atoms with van der Waals surface area (Å²) < 4.78 is 5.32. The number of carbonyl (C=O) groups is 1. The molecule has 1 amide bonds. The first-order chi connectivity index (χ1) is 11.1. The summed E-state index contributed by atoms with van der Waals surface area (Å²) >= 11 is 12.2. The lowest BCUT2D eigenvalue weighted by molar-refractivity contribution is 0.0464. The maximum atomic E-state index is 12.0. The first kappa shape index (κ1) is 19.4. The van der Waals surface area contributed by atoms with Gasteiger partial charge in [-0.1, -0.05) is 29.3 Å². The van der Waals surface area contributed by atoms with Gasteiger partial charge in [0.15, 0.2) is 0 Å². The Labute approximate surface area is 153 Å². The average molecular weight is 374 g/mol. The summed E-state index contributed by atoms with van der Waals surface area (Å²) in [5, 5.41) is 14.0. The molecule has 1 saturated carbocycles. The molecule has 0 aliphatic heterocycles. The number of benzene rings is 1. The van der Waals surface area contributed by atoms with Gasteiger partial charge in [0.2, 0.25) is 0 Å². The first-order valence-electron chi connectivity index (χ1n) is 8.22. The molecule has 6 heteroatoms. The third-order valence-electron chi connectivity index (χ3n) is 4.32. The average Bonchev–Trinajstić information content (AvgIpc) is 2.46. The zero-order chi connectivity index (χ0) is 18.0. The van der Waals surface area contributed by atoms with Gasteiger partial charge >= 0.3 is 6.09 Å². The zero-order valence-electron chi connectivity index (χ0n) is 14.4. The molecule has 0 unspecified atom stereocenters. The predicted molar refractivity (Wildman–Crippen MR) is 96.9 cm³/mol. The van der Waals surface area contributed by atoms with Gasteiger partial charge in [0.05, 0.1) is 16.1 Å². The molecule has 0 spiro atoms. The van der Waals surface area contributed by atoms with Crippen LogP contribution in [0.25, 0.3) is 0 Å². The molecule has 4 nitrogen and oxygen atoms in total. The Balaban J connectivity index is 2.21. The molecule has 0 aromatic heterocycles. The van der Waals surface area contributed by atoms with E-state index >= 15 is 0 Å². The van der Waals surface area contributed by atoms with Crippen molar-refractivity contribution in [3.8, 4) is 0 Å². The van der Waals surface area contributed by atoms with Crippen LogP contribution in [0.3, 0.4) is 0 Å². The molecule has 24 heavy (non-hydrogen) atoms. The second kappa shape index (κ2) is 7.51. The van der Waals surface area contributed by atoms with E-state index in [9.17, 15) is 9.90 Å². The van der Waals surface area contributed by atoms with Gasteiger partial charge in [0.25, 0.3) is 0 Å². The Morgan fingerprint density at radius 2 is 2.08 bits per heavy atom. The second-order valence-electron chi connectivity index (χ2n) is 7.51. The Morgan fingerprint density at radius 3 is 2.67 bits per heavy atom. The molecular formula is C18H25Cl2NO3. The maximum absolute atomic E-state index is 12.0. The molecule has 0 radical (unpaired) electrons. The molecular weight excluding hydrogens is 349 g/mol. The van der Waals surface area contributed by atoms with Gasteiger partial charge in [-0.15, -0.1) is 0 Å². The van der Waals surface area contributed by atoms with Crippen molar-refractivity contribution >= 4 is 29.3 Å². The fraction of sp³-hybridized carbons (Fsp3) is 0.611. The Hall–Kier alpha value is -0.970. The monoisotopic (exact) mass is 373 g/mol. The summed E-state index contributed by atoms with van der Waals surface area (Å²) in [5.74, 6) is 0. The summed E-state index contributed by atoms with van der Waals surface area (Å²) in [4.78, 5) is 12.0. The highest BCUT2D eigenvalue weighted by Gasteiger charge is 2.38. The van der Waals surface area contributed by atoms with Crippen LogP contribution in [0.2, 0.25) is 10.0 Å². The fourth-order valence-corrected chi connectivity index (χ4v) is 3.54. The lowest BCUT2D eigenvalue weighted by atomic mass is 9.68. The van der Waals surface area contributed by atoms with E-state index in [-0.39, 0.29) is 5.41 Å². The van der Waals surface area contributed by atoms with Crippen molar-refractivity contribution in [2.75, 3.05) is 6.54 Å². The number of amides is 1. The summed E-state index contributed by atoms with van der Waals surface area (Å²) in [5.41, 5.74) is 0.0575. The van der Waals surface area contributed by atoms with Gasteiger partial charge in [0.1, 0.15) is 5.60 Å². The molecule has 2 atom stereocenters. The van der Waals surface area contributed by atoms with E-state index in [0.29, 0.717) is 23.0 Å². The fourth-order valence-electron chi connectivity index (χ4n) is 3.24. The van der Waals surface area contributed by atoms with Crippen molar-refractivity contribution in [3.63, 3.8) is 0 Å². The van der Waals surface area contributed by atoms with E-state index in [1.807, 2.05) is 32.9 Å². The minimum absolute atomic E-state index is 0.372. The molecule has 0 heterocycles. The van der Waals surface area contributed by atoms with Crippen LogP contribution in [0.5, 0.6) is 0 Å². The highest BCUT2D eigenvalue weighted by atomic mass is 35.5. The number of rotatable bonds is 3. The lowest BCUT2D eigenvalue weighted by Gasteiger charge is -2.40. The van der Waals surface area contributed by atoms with Crippen LogP contribution >= 0.6 is 23.2 Å². The van der Waals surface area contributed by atoms with Gasteiger partial charge in [-0.3, -0.25) is 0 Å². The van der Waals surface area contributed by atoms with Crippen molar-refractivity contribution in [2.24, 2.45) is 0 Å². The summed E-state index contributed by atoms with van der Waals surface area (Å²) in [7, 11) is 0. The number of hydrogen-bond donors (Lipinski definition) is 2. The smallest absolute Gasteiger partial charge is 0.407 e. The largest absolute Gasteiger partial charge is 0.444 e. The highest BCUT2D eigenvalue weighted by molar-refractivity contribution is 6.42. The molecule has 1 aliphatic carbocycles. The highest BCUT2D eigenvalue weighted by Crippen LogP contribution is 2.41. The Bertz CT molecular complexity index is 600. The minimum Gasteiger partial charge on any atom is -0.444 e. The van der Waals surface area contributed by atoms with Crippen LogP contribution in [0, 0.1) is 0 Å². The van der Waals surface area contributed by atoms with Crippen LogP contribution in [0.15, 0.2) is 18.2 Å². The molecule has 1 fully saturated rings. The number of aliphatic hydroxyl groups excluding tert-OH is 1. The van der Waals surface area contributed by atoms with Gasteiger partial charge < -0.3 is 15.2 Å². The van der Waals surface area contributed by atoms with Gasteiger partial charge in [-0.2, -0.15) is 0 Å². The summed E-state index contributed by atoms with van der Waals surface area (Å²) in [6, 6.07) is 5.51. The Morgan fingerprint density at radius 1 is 1.38 bits per heavy atom. The van der Waals surface area contributed by atoms with Crippen molar-refractivity contribution < 1.29 is 14.6 Å². The van der Waals surface area contributed by atoms with Crippen molar-refractivity contribution in [1.82, 2.24) is 5.32 Å². The van der Waals surface area contributed by atoms with E-state index < -0.39 is 17.8 Å². The quantitative estimate of drug-likeness (QED) is 0.807. The predicted octanol–water partition coefficient (Wildman–Crippen LogP) is 4.69. The SMILES string of the molecule is CC(C)(C)OC(=O)NC[C@]1(c2ccc(Cl)c(Cl)c2)CCC[C@H](O)C1. The molecule has 2 rings (SSSR count). The Kier molecular flexibility index (Phi) is 6.05. The van der Waals surface area contributed by atoms with E-state index in [4.69, 9.17) is 27.9 Å². The van der Waals surface area contributed by atoms with Crippen molar-refractivity contribution in [3.05, 3.63) is 33.8 Å². The third-order valence-corrected chi connectivity index (χ3v) is 5.06. The minimum atomic E-state index is -0.549. The normalized spacial score (nSPS) is 24.5. The van der Waals surface area contributed by atoms with E-state index in [1.54, 1.807) is 6.07 Å². The number of halogens is 2. The molecule has 2 N–H and O–H groups in total. The number of hydrogen-bond acceptors (Lipinski definition) is 3. The van der Waals surface area contributed by atoms with E-state index in [2.05, 4.69) is 5.32 Å². The van der Waals surface area contributed by atoms with Crippen LogP contribution in [0.4, 0.5) is 4.79 Å². The molecule has 134 valence electrons. The van der Waals surface area contributed by atoms with Crippen LogP contribution in [-0.2, 0) is 10.2 Å². The zero-order valence-corrected chi connectivity index (χ0v) is 15.9. The molecule has 0 bridgehead atoms. The second-order valence-corrected chi connectivity index (χ2v) is 8.33. The molecule has 1 aromatic rings. The molecule has 1 aromatic carbocycles. The van der Waals surface area contributed by atoms with E-state index in [0.717, 1.165) is 24.8 Å². The first-order valence-corrected chi connectivity index (χ1v) is 8.97. The number of nitrogens with one attached hydrogen (secondary N) is 1. The lowest BCUT2D eigenvalue weighted by Crippen LogP contribution is -2.46. The van der Waals surface area contributed by atoms with Crippen molar-refractivity contribution in [1.29, 1.82) is 0 Å². The maximum Gasteiger partial charge on any atom is 0.407 e. The summed E-state index contributed by atoms with van der Waals surface area (Å²) in [6.07, 6.45) is 2.24. The van der Waals surface area contributed by atoms with E-state index in [1.165, 1.54) is 0 Å². The number of carbonyl (C=O) groups excluding carboxylic acids is 1. The standard InChI is InChI=1S/C18H25Cl2NO3/c1-17(2,3)24-16(23)21-11-18(8-4-5-13(22)10-18)12-6-7-14(19)15(20)9-12/h6-7,9,13,22H,4-5,8,10-11H2,1-3H3,(H,21,23)/t13-,18-/m0/s1. The van der Waals surface area contributed by atoms with Gasteiger partial charge in [-0.05, 0) is 64.2 Å². The third kappa shape index (κ3) is 5.01. The van der Waals surface area contributed by atoms with Crippen LogP contribution in [0.1, 0.15) is 52.0 Å². The van der Waals surface area contributed by atoms with Crippen molar-refractivity contribution in [2.45, 2.75) is 63.6 Å². The van der Waals surface area contributed by atoms with Crippen LogP contribution < -0.4 is 5.32 Å². The van der Waals surface area contributed by atoms with Crippen LogP contribution in [-0.4, -0.2) is 29.4 Å². The van der Waals surface area contributed by atoms with Gasteiger partial charge in [0, 0.05) is 12.0 Å². The number of ether oxygens (including phenoxy) is 1. The molecule has 0 saturated heterocycles.